The second kappa shape index (κ2) is 4.08. The first-order valence-corrected chi connectivity index (χ1v) is 5.85. The molecule has 0 unspecified atom stereocenters. The maximum atomic E-state index is 10.6. The number of thiazole rings is 1. The van der Waals surface area contributed by atoms with Crippen LogP contribution in [0.1, 0.15) is 5.69 Å². The molecule has 0 atom stereocenters. The summed E-state index contributed by atoms with van der Waals surface area (Å²) in [4.78, 5) is 19.6. The number of hydrogen-bond donors (Lipinski definition) is 1. The van der Waals surface area contributed by atoms with Gasteiger partial charge in [-0.05, 0) is 6.08 Å². The number of hydrogen-bond acceptors (Lipinski definition) is 5. The summed E-state index contributed by atoms with van der Waals surface area (Å²) in [6.07, 6.45) is 7.31. The molecule has 3 aromatic heterocycles. The molecule has 3 aromatic rings. The summed E-state index contributed by atoms with van der Waals surface area (Å²) in [5.41, 5.74) is 0.652. The number of nitrogens with zero attached hydrogens (tertiary/aromatic N) is 5. The molecule has 0 fully saturated rings. The summed E-state index contributed by atoms with van der Waals surface area (Å²) >= 11 is 1.46. The van der Waals surface area contributed by atoms with Gasteiger partial charge in [0.25, 0.3) is 0 Å². The van der Waals surface area contributed by atoms with Crippen LogP contribution in [-0.4, -0.2) is 35.2 Å². The summed E-state index contributed by atoms with van der Waals surface area (Å²) in [5.74, 6) is -0.457. The molecule has 90 valence electrons. The van der Waals surface area contributed by atoms with Crippen LogP contribution in [0.2, 0.25) is 0 Å². The van der Waals surface area contributed by atoms with Crippen LogP contribution in [0.25, 0.3) is 16.9 Å². The third kappa shape index (κ3) is 1.68. The van der Waals surface area contributed by atoms with Crippen molar-refractivity contribution in [3.05, 3.63) is 36.0 Å². The lowest BCUT2D eigenvalue weighted by Crippen LogP contribution is -1.98. The van der Waals surface area contributed by atoms with Crippen molar-refractivity contribution < 1.29 is 9.90 Å². The molecule has 8 heteroatoms. The summed E-state index contributed by atoms with van der Waals surface area (Å²) in [6.45, 7) is 0. The van der Waals surface area contributed by atoms with E-state index >= 15 is 0 Å². The van der Waals surface area contributed by atoms with Gasteiger partial charge < -0.3 is 5.11 Å². The molecule has 18 heavy (non-hydrogen) atoms. The van der Waals surface area contributed by atoms with Crippen molar-refractivity contribution in [1.82, 2.24) is 24.1 Å². The number of carbonyl (C=O) groups is 1. The number of imidazole rings is 1. The topological polar surface area (TPSA) is 85.3 Å². The maximum absolute atomic E-state index is 10.6. The van der Waals surface area contributed by atoms with Crippen LogP contribution in [-0.2, 0) is 4.79 Å². The van der Waals surface area contributed by atoms with Gasteiger partial charge in [0.15, 0.2) is 10.8 Å². The van der Waals surface area contributed by atoms with Gasteiger partial charge in [-0.3, -0.25) is 4.40 Å². The molecule has 0 radical (unpaired) electrons. The van der Waals surface area contributed by atoms with Crippen LogP contribution in [0.4, 0.5) is 0 Å². The number of rotatable bonds is 3. The Balaban J connectivity index is 2.21. The van der Waals surface area contributed by atoms with Crippen LogP contribution in [0, 0.1) is 0 Å². The molecule has 1 N–H and O–H groups in total. The quantitative estimate of drug-likeness (QED) is 0.713. The Morgan fingerprint density at radius 2 is 2.39 bits per heavy atom. The molecule has 3 rings (SSSR count). The second-order valence-electron chi connectivity index (χ2n) is 3.39. The van der Waals surface area contributed by atoms with Gasteiger partial charge in [-0.25, -0.2) is 14.5 Å². The highest BCUT2D eigenvalue weighted by atomic mass is 32.1. The summed E-state index contributed by atoms with van der Waals surface area (Å²) in [7, 11) is 0. The number of carboxylic acids is 1. The highest BCUT2D eigenvalue weighted by Gasteiger charge is 2.13. The predicted molar refractivity (Wildman–Crippen MR) is 64.7 cm³/mol. The minimum absolute atomic E-state index is 0.553. The van der Waals surface area contributed by atoms with Gasteiger partial charge in [0.05, 0.1) is 5.69 Å². The summed E-state index contributed by atoms with van der Waals surface area (Å²) in [5, 5.41) is 14.6. The predicted octanol–water partition coefficient (Wildman–Crippen LogP) is 1.07. The van der Waals surface area contributed by atoms with Gasteiger partial charge in [-0.15, -0.1) is 11.3 Å². The zero-order valence-corrected chi connectivity index (χ0v) is 9.78. The first-order valence-electron chi connectivity index (χ1n) is 4.97. The Kier molecular flexibility index (Phi) is 2.41. The fraction of sp³-hybridized carbons (Fsp3) is 0. The Morgan fingerprint density at radius 3 is 3.11 bits per heavy atom. The van der Waals surface area contributed by atoms with E-state index in [2.05, 4.69) is 15.1 Å². The number of fused-ring (bicyclic) bond motifs is 1. The highest BCUT2D eigenvalue weighted by molar-refractivity contribution is 7.15. The van der Waals surface area contributed by atoms with Gasteiger partial charge in [-0.1, -0.05) is 0 Å². The van der Waals surface area contributed by atoms with Crippen molar-refractivity contribution in [2.24, 2.45) is 0 Å². The van der Waals surface area contributed by atoms with Gasteiger partial charge in [0, 0.05) is 17.7 Å². The lowest BCUT2D eigenvalue weighted by molar-refractivity contribution is -0.131. The molecule has 0 amide bonds. The number of carboxylic acid groups (broad SMARTS) is 1. The van der Waals surface area contributed by atoms with Gasteiger partial charge in [-0.2, -0.15) is 10.1 Å². The van der Waals surface area contributed by atoms with E-state index in [1.165, 1.54) is 34.7 Å². The van der Waals surface area contributed by atoms with E-state index in [-0.39, 0.29) is 0 Å². The molecule has 0 saturated heterocycles. The molecule has 0 aromatic carbocycles. The van der Waals surface area contributed by atoms with Crippen molar-refractivity contribution in [3.63, 3.8) is 0 Å². The third-order valence-electron chi connectivity index (χ3n) is 2.30. The van der Waals surface area contributed by atoms with Crippen molar-refractivity contribution in [2.75, 3.05) is 0 Å². The minimum atomic E-state index is -1.01. The fourth-order valence-electron chi connectivity index (χ4n) is 1.58. The van der Waals surface area contributed by atoms with Crippen LogP contribution >= 0.6 is 11.3 Å². The number of aromatic nitrogens is 5. The van der Waals surface area contributed by atoms with E-state index in [1.807, 2.05) is 11.6 Å². The maximum Gasteiger partial charge on any atom is 0.328 e. The van der Waals surface area contributed by atoms with E-state index in [1.54, 1.807) is 4.40 Å². The van der Waals surface area contributed by atoms with Crippen molar-refractivity contribution in [2.45, 2.75) is 0 Å². The molecule has 7 nitrogen and oxygen atoms in total. The zero-order valence-electron chi connectivity index (χ0n) is 8.96. The standard InChI is InChI=1S/C10H7N5O2S/c16-8(17)2-1-7-9(15-6-11-5-12-15)13-10-14(7)3-4-18-10/h1-6H,(H,16,17)/b2-1+. The molecule has 0 bridgehead atoms. The smallest absolute Gasteiger partial charge is 0.328 e. The first kappa shape index (κ1) is 10.7. The van der Waals surface area contributed by atoms with E-state index < -0.39 is 5.97 Å². The van der Waals surface area contributed by atoms with Gasteiger partial charge in [0.1, 0.15) is 12.7 Å². The Bertz CT molecular complexity index is 725. The lowest BCUT2D eigenvalue weighted by Gasteiger charge is -1.97. The van der Waals surface area contributed by atoms with Gasteiger partial charge in [0.2, 0.25) is 0 Å². The second-order valence-corrected chi connectivity index (χ2v) is 4.26. The zero-order chi connectivity index (χ0) is 12.5. The lowest BCUT2D eigenvalue weighted by atomic mass is 10.3. The highest BCUT2D eigenvalue weighted by Crippen LogP contribution is 2.20. The van der Waals surface area contributed by atoms with Crippen molar-refractivity contribution in [1.29, 1.82) is 0 Å². The molecular formula is C10H7N5O2S. The van der Waals surface area contributed by atoms with Crippen LogP contribution < -0.4 is 0 Å². The Labute approximate surface area is 105 Å². The molecule has 0 aliphatic heterocycles. The molecule has 0 spiro atoms. The van der Waals surface area contributed by atoms with Crippen LogP contribution in [0.3, 0.4) is 0 Å². The Morgan fingerprint density at radius 1 is 1.50 bits per heavy atom. The van der Waals surface area contributed by atoms with E-state index in [0.717, 1.165) is 11.0 Å². The first-order chi connectivity index (χ1) is 8.75. The van der Waals surface area contributed by atoms with E-state index in [0.29, 0.717) is 11.5 Å². The van der Waals surface area contributed by atoms with E-state index in [4.69, 9.17) is 5.11 Å². The normalized spacial score (nSPS) is 11.6. The minimum Gasteiger partial charge on any atom is -0.478 e. The van der Waals surface area contributed by atoms with Crippen LogP contribution in [0.5, 0.6) is 0 Å². The summed E-state index contributed by atoms with van der Waals surface area (Å²) in [6, 6.07) is 0. The monoisotopic (exact) mass is 261 g/mol. The molecule has 0 aliphatic carbocycles. The molecule has 0 saturated carbocycles. The van der Waals surface area contributed by atoms with Crippen molar-refractivity contribution >= 4 is 28.3 Å². The van der Waals surface area contributed by atoms with E-state index in [9.17, 15) is 4.79 Å². The SMILES string of the molecule is O=C(O)/C=C/c1c(-n2cncn2)nc2sccn12. The largest absolute Gasteiger partial charge is 0.478 e. The summed E-state index contributed by atoms with van der Waals surface area (Å²) < 4.78 is 3.31. The number of aliphatic carboxylic acids is 1. The molecule has 0 aliphatic rings. The van der Waals surface area contributed by atoms with Crippen LogP contribution in [0.15, 0.2) is 30.3 Å². The molecule has 3 heterocycles. The average molecular weight is 261 g/mol. The Hall–Kier alpha value is -2.48. The molecular weight excluding hydrogens is 254 g/mol. The average Bonchev–Trinajstić information content (AvgIpc) is 3.02. The van der Waals surface area contributed by atoms with Crippen molar-refractivity contribution in [3.8, 4) is 5.82 Å². The fourth-order valence-corrected chi connectivity index (χ4v) is 2.30. The van der Waals surface area contributed by atoms with Gasteiger partial charge >= 0.3 is 5.97 Å². The third-order valence-corrected chi connectivity index (χ3v) is 3.06.